The average Bonchev–Trinajstić information content (AvgIpc) is 2.82. The van der Waals surface area contributed by atoms with Crippen LogP contribution in [0.1, 0.15) is 43.0 Å². The lowest BCUT2D eigenvalue weighted by molar-refractivity contribution is -0.121. The van der Waals surface area contributed by atoms with Gasteiger partial charge in [-0.3, -0.25) is 9.59 Å². The molecule has 2 aromatic rings. The Morgan fingerprint density at radius 3 is 2.85 bits per heavy atom. The molecule has 0 aliphatic heterocycles. The Hall–Kier alpha value is -2.50. The van der Waals surface area contributed by atoms with Crippen LogP contribution in [0.25, 0.3) is 0 Å². The van der Waals surface area contributed by atoms with Gasteiger partial charge in [0.1, 0.15) is 5.82 Å². The molecule has 5 nitrogen and oxygen atoms in total. The summed E-state index contributed by atoms with van der Waals surface area (Å²) >= 11 is 0. The lowest BCUT2D eigenvalue weighted by Gasteiger charge is -2.16. The van der Waals surface area contributed by atoms with Crippen molar-refractivity contribution >= 4 is 5.91 Å². The molecule has 0 saturated heterocycles. The first kappa shape index (κ1) is 18.3. The molecule has 1 aromatic carbocycles. The Bertz CT molecular complexity index is 847. The van der Waals surface area contributed by atoms with Crippen molar-refractivity contribution in [3.8, 4) is 0 Å². The minimum Gasteiger partial charge on any atom is -0.351 e. The van der Waals surface area contributed by atoms with Crippen LogP contribution >= 0.6 is 0 Å². The van der Waals surface area contributed by atoms with Crippen molar-refractivity contribution in [3.63, 3.8) is 0 Å². The fourth-order valence-corrected chi connectivity index (χ4v) is 3.35. The molecule has 1 aliphatic carbocycles. The first-order chi connectivity index (χ1) is 12.5. The van der Waals surface area contributed by atoms with E-state index in [1.165, 1.54) is 10.7 Å². The van der Waals surface area contributed by atoms with Gasteiger partial charge in [-0.1, -0.05) is 24.6 Å². The van der Waals surface area contributed by atoms with Gasteiger partial charge in [-0.25, -0.2) is 9.07 Å². The molecule has 1 heterocycles. The van der Waals surface area contributed by atoms with Crippen LogP contribution in [0.3, 0.4) is 0 Å². The topological polar surface area (TPSA) is 64.0 Å². The van der Waals surface area contributed by atoms with E-state index in [-0.39, 0.29) is 29.7 Å². The first-order valence-corrected chi connectivity index (χ1v) is 9.15. The third kappa shape index (κ3) is 4.56. The molecule has 1 aromatic heterocycles. The van der Waals surface area contributed by atoms with Crippen molar-refractivity contribution in [1.82, 2.24) is 15.1 Å². The van der Waals surface area contributed by atoms with Gasteiger partial charge >= 0.3 is 0 Å². The van der Waals surface area contributed by atoms with Gasteiger partial charge in [-0.2, -0.15) is 5.10 Å². The molecule has 1 N–H and O–H groups in total. The fourth-order valence-electron chi connectivity index (χ4n) is 3.35. The normalized spacial score (nSPS) is 15.0. The Kier molecular flexibility index (Phi) is 5.81. The van der Waals surface area contributed by atoms with Gasteiger partial charge < -0.3 is 5.32 Å². The van der Waals surface area contributed by atoms with Crippen molar-refractivity contribution < 1.29 is 9.18 Å². The number of nitrogens with one attached hydrogen (secondary N) is 1. The first-order valence-electron chi connectivity index (χ1n) is 9.15. The van der Waals surface area contributed by atoms with E-state index < -0.39 is 0 Å². The Morgan fingerprint density at radius 1 is 1.27 bits per heavy atom. The predicted molar refractivity (Wildman–Crippen MR) is 97.5 cm³/mol. The summed E-state index contributed by atoms with van der Waals surface area (Å²) in [6.07, 6.45) is 5.13. The molecule has 0 radical (unpaired) electrons. The van der Waals surface area contributed by atoms with Gasteiger partial charge in [0.25, 0.3) is 5.56 Å². The van der Waals surface area contributed by atoms with Crippen LogP contribution in [-0.2, 0) is 30.6 Å². The molecule has 3 rings (SSSR count). The van der Waals surface area contributed by atoms with E-state index in [4.69, 9.17) is 0 Å². The molecule has 0 bridgehead atoms. The number of rotatable bonds is 5. The number of carbonyl (C=O) groups is 1. The van der Waals surface area contributed by atoms with E-state index >= 15 is 0 Å². The van der Waals surface area contributed by atoms with Crippen molar-refractivity contribution in [2.45, 2.75) is 58.0 Å². The van der Waals surface area contributed by atoms with Crippen molar-refractivity contribution in [2.75, 3.05) is 0 Å². The maximum atomic E-state index is 13.6. The number of benzene rings is 1. The molecular weight excluding hydrogens is 333 g/mol. The zero-order chi connectivity index (χ0) is 18.5. The standard InChI is InChI=1S/C20H24FN3O2/c1-14(22-19(25)11-15-7-5-6-9-17(15)21)13-24-20(26)12-16-8-3-2-4-10-18(16)23-24/h5-7,9,12,14H,2-4,8,10-11,13H2,1H3,(H,22,25)/t14-/m1/s1. The van der Waals surface area contributed by atoms with Gasteiger partial charge in [0.05, 0.1) is 18.7 Å². The van der Waals surface area contributed by atoms with E-state index in [9.17, 15) is 14.0 Å². The molecule has 138 valence electrons. The summed E-state index contributed by atoms with van der Waals surface area (Å²) < 4.78 is 15.1. The molecule has 1 atom stereocenters. The van der Waals surface area contributed by atoms with Gasteiger partial charge in [-0.05, 0) is 49.8 Å². The number of carbonyl (C=O) groups excluding carboxylic acids is 1. The monoisotopic (exact) mass is 357 g/mol. The van der Waals surface area contributed by atoms with E-state index in [0.717, 1.165) is 43.4 Å². The summed E-state index contributed by atoms with van der Waals surface area (Å²) in [5.74, 6) is -0.663. The summed E-state index contributed by atoms with van der Waals surface area (Å²) in [5, 5.41) is 7.33. The molecule has 0 fully saturated rings. The Balaban J connectivity index is 1.63. The quantitative estimate of drug-likeness (QED) is 0.836. The molecule has 0 spiro atoms. The number of aryl methyl sites for hydroxylation is 2. The molecule has 0 unspecified atom stereocenters. The highest BCUT2D eigenvalue weighted by Gasteiger charge is 2.15. The van der Waals surface area contributed by atoms with Gasteiger partial charge in [0, 0.05) is 12.1 Å². The zero-order valence-corrected chi connectivity index (χ0v) is 15.0. The number of hydrogen-bond donors (Lipinski definition) is 1. The van der Waals surface area contributed by atoms with Crippen LogP contribution in [0.5, 0.6) is 0 Å². The lowest BCUT2D eigenvalue weighted by atomic mass is 10.1. The molecular formula is C20H24FN3O2. The summed E-state index contributed by atoms with van der Waals surface area (Å²) in [7, 11) is 0. The molecule has 6 heteroatoms. The second kappa shape index (κ2) is 8.25. The third-order valence-electron chi connectivity index (χ3n) is 4.69. The molecule has 1 amide bonds. The van der Waals surface area contributed by atoms with E-state index in [1.54, 1.807) is 24.3 Å². The number of amides is 1. The van der Waals surface area contributed by atoms with Crippen LogP contribution in [0.15, 0.2) is 35.1 Å². The van der Waals surface area contributed by atoms with Gasteiger partial charge in [0.2, 0.25) is 5.91 Å². The maximum Gasteiger partial charge on any atom is 0.267 e. The van der Waals surface area contributed by atoms with Crippen molar-refractivity contribution in [3.05, 3.63) is 63.3 Å². The summed E-state index contributed by atoms with van der Waals surface area (Å²) in [4.78, 5) is 24.4. The second-order valence-electron chi connectivity index (χ2n) is 6.93. The molecule has 0 saturated carbocycles. The highest BCUT2D eigenvalue weighted by Crippen LogP contribution is 2.16. The third-order valence-corrected chi connectivity index (χ3v) is 4.69. The van der Waals surface area contributed by atoms with E-state index in [2.05, 4.69) is 10.4 Å². The van der Waals surface area contributed by atoms with Gasteiger partial charge in [-0.15, -0.1) is 0 Å². The molecule has 26 heavy (non-hydrogen) atoms. The Morgan fingerprint density at radius 2 is 2.04 bits per heavy atom. The largest absolute Gasteiger partial charge is 0.351 e. The second-order valence-corrected chi connectivity index (χ2v) is 6.93. The fraction of sp³-hybridized carbons (Fsp3) is 0.450. The average molecular weight is 357 g/mol. The smallest absolute Gasteiger partial charge is 0.267 e. The SMILES string of the molecule is C[C@H](Cn1nc2c(cc1=O)CCCCC2)NC(=O)Cc1ccccc1F. The zero-order valence-electron chi connectivity index (χ0n) is 15.0. The number of aromatic nitrogens is 2. The highest BCUT2D eigenvalue weighted by molar-refractivity contribution is 5.78. The minimum atomic E-state index is -0.390. The van der Waals surface area contributed by atoms with Crippen LogP contribution < -0.4 is 10.9 Å². The van der Waals surface area contributed by atoms with E-state index in [0.29, 0.717) is 12.1 Å². The van der Waals surface area contributed by atoms with Crippen LogP contribution in [0, 0.1) is 5.82 Å². The molecule has 1 aliphatic rings. The lowest BCUT2D eigenvalue weighted by Crippen LogP contribution is -2.40. The highest BCUT2D eigenvalue weighted by atomic mass is 19.1. The Labute approximate surface area is 152 Å². The predicted octanol–water partition coefficient (Wildman–Crippen LogP) is 2.40. The van der Waals surface area contributed by atoms with Crippen LogP contribution in [0.4, 0.5) is 4.39 Å². The van der Waals surface area contributed by atoms with E-state index in [1.807, 2.05) is 6.92 Å². The maximum absolute atomic E-state index is 13.6. The summed E-state index contributed by atoms with van der Waals surface area (Å²) in [6, 6.07) is 7.64. The number of hydrogen-bond acceptors (Lipinski definition) is 3. The van der Waals surface area contributed by atoms with Crippen LogP contribution in [-0.4, -0.2) is 21.7 Å². The minimum absolute atomic E-state index is 0.0243. The van der Waals surface area contributed by atoms with Crippen LogP contribution in [0.2, 0.25) is 0 Å². The summed E-state index contributed by atoms with van der Waals surface area (Å²) in [5.41, 5.74) is 2.27. The number of nitrogens with zero attached hydrogens (tertiary/aromatic N) is 2. The number of fused-ring (bicyclic) bond motifs is 1. The van der Waals surface area contributed by atoms with Crippen molar-refractivity contribution in [1.29, 1.82) is 0 Å². The van der Waals surface area contributed by atoms with Gasteiger partial charge in [0.15, 0.2) is 0 Å². The summed E-state index contributed by atoms with van der Waals surface area (Å²) in [6.45, 7) is 2.12. The number of halogens is 1. The van der Waals surface area contributed by atoms with Crippen molar-refractivity contribution in [2.24, 2.45) is 0 Å².